The van der Waals surface area contributed by atoms with Crippen LogP contribution in [0.5, 0.6) is 0 Å². The quantitative estimate of drug-likeness (QED) is 0.879. The number of carbonyl (C=O) groups excluding carboxylic acids is 1. The van der Waals surface area contributed by atoms with Crippen molar-refractivity contribution in [2.75, 3.05) is 5.32 Å². The third-order valence-corrected chi connectivity index (χ3v) is 2.92. The highest BCUT2D eigenvalue weighted by Gasteiger charge is 2.11. The fraction of sp³-hybridized carbons (Fsp3) is 0.0714. The van der Waals surface area contributed by atoms with Crippen molar-refractivity contribution >= 4 is 23.2 Å². The molecule has 0 saturated carbocycles. The maximum atomic E-state index is 13.3. The normalized spacial score (nSPS) is 10.3. The Morgan fingerprint density at radius 3 is 2.53 bits per heavy atom. The maximum Gasteiger partial charge on any atom is 0.257 e. The van der Waals surface area contributed by atoms with E-state index in [4.69, 9.17) is 11.6 Å². The van der Waals surface area contributed by atoms with Crippen LogP contribution in [0.25, 0.3) is 0 Å². The molecule has 0 saturated heterocycles. The predicted octanol–water partition coefficient (Wildman–Crippen LogP) is 4.18. The highest BCUT2D eigenvalue weighted by Crippen LogP contribution is 2.20. The van der Waals surface area contributed by atoms with Crippen molar-refractivity contribution in [2.24, 2.45) is 0 Å². The molecule has 98 valence electrons. The Balaban J connectivity index is 2.23. The number of aryl methyl sites for hydroxylation is 1. The Kier molecular flexibility index (Phi) is 3.81. The second kappa shape index (κ2) is 5.36. The first kappa shape index (κ1) is 13.5. The highest BCUT2D eigenvalue weighted by atomic mass is 35.5. The molecular weight excluding hydrogens is 272 g/mol. The second-order valence-corrected chi connectivity index (χ2v) is 4.45. The van der Waals surface area contributed by atoms with Crippen LogP contribution in [0.4, 0.5) is 14.5 Å². The van der Waals surface area contributed by atoms with Gasteiger partial charge in [0, 0.05) is 5.69 Å². The summed E-state index contributed by atoms with van der Waals surface area (Å²) < 4.78 is 26.2. The van der Waals surface area contributed by atoms with E-state index in [0.717, 1.165) is 12.1 Å². The molecule has 2 aromatic rings. The van der Waals surface area contributed by atoms with Crippen LogP contribution < -0.4 is 5.32 Å². The zero-order chi connectivity index (χ0) is 14.0. The van der Waals surface area contributed by atoms with Crippen LogP contribution in [-0.4, -0.2) is 5.91 Å². The Morgan fingerprint density at radius 2 is 1.89 bits per heavy atom. The second-order valence-electron chi connectivity index (χ2n) is 4.04. The lowest BCUT2D eigenvalue weighted by Gasteiger charge is -2.07. The van der Waals surface area contributed by atoms with Crippen LogP contribution in [0.3, 0.4) is 0 Å². The van der Waals surface area contributed by atoms with Gasteiger partial charge < -0.3 is 5.32 Å². The molecule has 2 nitrogen and oxygen atoms in total. The summed E-state index contributed by atoms with van der Waals surface area (Å²) in [5.41, 5.74) is 0.926. The molecule has 0 spiro atoms. The van der Waals surface area contributed by atoms with E-state index in [1.54, 1.807) is 19.1 Å². The number of hydrogen-bond donors (Lipinski definition) is 1. The van der Waals surface area contributed by atoms with Crippen LogP contribution in [0, 0.1) is 18.6 Å². The molecule has 2 aromatic carbocycles. The van der Waals surface area contributed by atoms with E-state index in [0.29, 0.717) is 11.3 Å². The standard InChI is InChI=1S/C14H10ClF2NO/c1-8-2-4-10(7-13(8)17)18-14(19)11-5-3-9(16)6-12(11)15/h2-7H,1H3,(H,18,19). The number of carbonyl (C=O) groups is 1. The number of halogens is 3. The fourth-order valence-corrected chi connectivity index (χ4v) is 1.80. The molecule has 1 amide bonds. The van der Waals surface area contributed by atoms with Gasteiger partial charge in [0.1, 0.15) is 11.6 Å². The van der Waals surface area contributed by atoms with E-state index in [2.05, 4.69) is 5.32 Å². The van der Waals surface area contributed by atoms with Crippen molar-refractivity contribution in [3.05, 3.63) is 64.2 Å². The van der Waals surface area contributed by atoms with Crippen LogP contribution in [0.15, 0.2) is 36.4 Å². The minimum atomic E-state index is -0.525. The summed E-state index contributed by atoms with van der Waals surface area (Å²) in [5, 5.41) is 2.51. The lowest BCUT2D eigenvalue weighted by molar-refractivity contribution is 0.102. The van der Waals surface area contributed by atoms with Gasteiger partial charge in [0.2, 0.25) is 0 Å². The van der Waals surface area contributed by atoms with Crippen molar-refractivity contribution in [3.8, 4) is 0 Å². The molecular formula is C14H10ClF2NO. The summed E-state index contributed by atoms with van der Waals surface area (Å²) >= 11 is 5.77. The summed E-state index contributed by atoms with van der Waals surface area (Å²) in [6.45, 7) is 1.62. The molecule has 1 N–H and O–H groups in total. The summed E-state index contributed by atoms with van der Waals surface area (Å²) in [4.78, 5) is 11.9. The van der Waals surface area contributed by atoms with E-state index >= 15 is 0 Å². The number of anilines is 1. The third-order valence-electron chi connectivity index (χ3n) is 2.61. The van der Waals surface area contributed by atoms with Gasteiger partial charge in [-0.2, -0.15) is 0 Å². The van der Waals surface area contributed by atoms with Crippen molar-refractivity contribution < 1.29 is 13.6 Å². The number of benzene rings is 2. The van der Waals surface area contributed by atoms with Crippen molar-refractivity contribution in [3.63, 3.8) is 0 Å². The Morgan fingerprint density at radius 1 is 1.16 bits per heavy atom. The summed E-state index contributed by atoms with van der Waals surface area (Å²) in [7, 11) is 0. The molecule has 0 heterocycles. The number of rotatable bonds is 2. The average Bonchev–Trinajstić information content (AvgIpc) is 2.33. The van der Waals surface area contributed by atoms with Gasteiger partial charge in [0.25, 0.3) is 5.91 Å². The van der Waals surface area contributed by atoms with Crippen molar-refractivity contribution in [2.45, 2.75) is 6.92 Å². The zero-order valence-electron chi connectivity index (χ0n) is 10.0. The number of hydrogen-bond acceptors (Lipinski definition) is 1. The minimum absolute atomic E-state index is 0.00471. The molecule has 0 aromatic heterocycles. The topological polar surface area (TPSA) is 29.1 Å². The third kappa shape index (κ3) is 3.09. The van der Waals surface area contributed by atoms with E-state index < -0.39 is 17.5 Å². The van der Waals surface area contributed by atoms with Gasteiger partial charge >= 0.3 is 0 Å². The van der Waals surface area contributed by atoms with Gasteiger partial charge in [0.05, 0.1) is 10.6 Å². The molecule has 0 radical (unpaired) electrons. The average molecular weight is 282 g/mol. The van der Waals surface area contributed by atoms with E-state index in [-0.39, 0.29) is 10.6 Å². The monoisotopic (exact) mass is 281 g/mol. The molecule has 5 heteroatoms. The first-order chi connectivity index (χ1) is 8.97. The van der Waals surface area contributed by atoms with Crippen LogP contribution >= 0.6 is 11.6 Å². The molecule has 0 unspecified atom stereocenters. The largest absolute Gasteiger partial charge is 0.322 e. The fourth-order valence-electron chi connectivity index (χ4n) is 1.54. The first-order valence-corrected chi connectivity index (χ1v) is 5.88. The van der Waals surface area contributed by atoms with Gasteiger partial charge in [0.15, 0.2) is 0 Å². The van der Waals surface area contributed by atoms with Crippen LogP contribution in [0.2, 0.25) is 5.02 Å². The summed E-state index contributed by atoms with van der Waals surface area (Å²) in [6, 6.07) is 7.80. The van der Waals surface area contributed by atoms with E-state index in [1.807, 2.05) is 0 Å². The van der Waals surface area contributed by atoms with Gasteiger partial charge in [-0.25, -0.2) is 8.78 Å². The van der Waals surface area contributed by atoms with Gasteiger partial charge in [-0.15, -0.1) is 0 Å². The van der Waals surface area contributed by atoms with E-state index in [9.17, 15) is 13.6 Å². The lowest BCUT2D eigenvalue weighted by Crippen LogP contribution is -2.12. The van der Waals surface area contributed by atoms with Crippen molar-refractivity contribution in [1.29, 1.82) is 0 Å². The summed E-state index contributed by atoms with van der Waals surface area (Å²) in [5.74, 6) is -1.46. The van der Waals surface area contributed by atoms with Gasteiger partial charge in [-0.1, -0.05) is 17.7 Å². The highest BCUT2D eigenvalue weighted by molar-refractivity contribution is 6.34. The predicted molar refractivity (Wildman–Crippen MR) is 70.5 cm³/mol. The number of amides is 1. The molecule has 0 bridgehead atoms. The first-order valence-electron chi connectivity index (χ1n) is 5.50. The Labute approximate surface area is 114 Å². The molecule has 19 heavy (non-hydrogen) atoms. The van der Waals surface area contributed by atoms with Gasteiger partial charge in [-0.05, 0) is 42.8 Å². The molecule has 0 aliphatic heterocycles. The zero-order valence-corrected chi connectivity index (χ0v) is 10.8. The smallest absolute Gasteiger partial charge is 0.257 e. The molecule has 0 aliphatic carbocycles. The molecule has 0 aliphatic rings. The summed E-state index contributed by atoms with van der Waals surface area (Å²) in [6.07, 6.45) is 0. The molecule has 2 rings (SSSR count). The minimum Gasteiger partial charge on any atom is -0.322 e. The van der Waals surface area contributed by atoms with Gasteiger partial charge in [-0.3, -0.25) is 4.79 Å². The van der Waals surface area contributed by atoms with Crippen LogP contribution in [0.1, 0.15) is 15.9 Å². The number of nitrogens with one attached hydrogen (secondary N) is 1. The maximum absolute atomic E-state index is 13.3. The Bertz CT molecular complexity index is 643. The molecule has 0 atom stereocenters. The van der Waals surface area contributed by atoms with E-state index in [1.165, 1.54) is 12.1 Å². The van der Waals surface area contributed by atoms with Crippen molar-refractivity contribution in [1.82, 2.24) is 0 Å². The molecule has 0 fully saturated rings. The lowest BCUT2D eigenvalue weighted by atomic mass is 10.2. The van der Waals surface area contributed by atoms with Crippen LogP contribution in [-0.2, 0) is 0 Å². The SMILES string of the molecule is Cc1ccc(NC(=O)c2ccc(F)cc2Cl)cc1F. The Hall–Kier alpha value is -1.94.